The van der Waals surface area contributed by atoms with E-state index in [2.05, 4.69) is 0 Å². The maximum absolute atomic E-state index is 12.9. The first-order chi connectivity index (χ1) is 13.4. The molecule has 1 aliphatic carbocycles. The average molecular weight is 390 g/mol. The Labute approximate surface area is 162 Å². The standard InChI is InChI=1S/C20H22O8/c1-19(22-3)20(2,23-4)28-18-16-12(6-13(21)17(18)27-19)11-7-15-14(25-9-26-15)5-10(11)8-24-16/h5-7,16-18H,8-9H2,1-4H3/t16-,17+,18+,19-,20-/m1/s1. The van der Waals surface area contributed by atoms with Crippen molar-refractivity contribution in [2.24, 2.45) is 0 Å². The molecular weight excluding hydrogens is 368 g/mol. The molecule has 8 heteroatoms. The Morgan fingerprint density at radius 3 is 2.39 bits per heavy atom. The number of hydrogen-bond acceptors (Lipinski definition) is 8. The monoisotopic (exact) mass is 390 g/mol. The molecule has 150 valence electrons. The van der Waals surface area contributed by atoms with Gasteiger partial charge in [0.05, 0.1) is 6.61 Å². The Balaban J connectivity index is 1.57. The van der Waals surface area contributed by atoms with E-state index in [0.29, 0.717) is 18.1 Å². The van der Waals surface area contributed by atoms with Crippen LogP contribution in [0.5, 0.6) is 11.5 Å². The van der Waals surface area contributed by atoms with Crippen LogP contribution in [0.1, 0.15) is 25.0 Å². The molecule has 5 rings (SSSR count). The number of carbonyl (C=O) groups excluding carboxylic acids is 1. The fourth-order valence-corrected chi connectivity index (χ4v) is 4.21. The third-order valence-corrected chi connectivity index (χ3v) is 6.13. The summed E-state index contributed by atoms with van der Waals surface area (Å²) < 4.78 is 40.5. The molecule has 8 nitrogen and oxygen atoms in total. The van der Waals surface area contributed by atoms with Gasteiger partial charge in [-0.15, -0.1) is 0 Å². The van der Waals surface area contributed by atoms with Crippen LogP contribution in [0.15, 0.2) is 18.2 Å². The summed E-state index contributed by atoms with van der Waals surface area (Å²) in [4.78, 5) is 12.9. The second-order valence-corrected chi connectivity index (χ2v) is 7.52. The Bertz CT molecular complexity index is 879. The number of ketones is 1. The number of hydrogen-bond donors (Lipinski definition) is 0. The third kappa shape index (κ3) is 2.33. The van der Waals surface area contributed by atoms with Crippen molar-refractivity contribution < 1.29 is 38.0 Å². The third-order valence-electron chi connectivity index (χ3n) is 6.13. The molecule has 0 radical (unpaired) electrons. The first-order valence-electron chi connectivity index (χ1n) is 9.15. The van der Waals surface area contributed by atoms with Gasteiger partial charge in [-0.1, -0.05) is 0 Å². The Morgan fingerprint density at radius 1 is 1.00 bits per heavy atom. The Morgan fingerprint density at radius 2 is 1.68 bits per heavy atom. The van der Waals surface area contributed by atoms with Gasteiger partial charge in [-0.05, 0) is 48.8 Å². The summed E-state index contributed by atoms with van der Waals surface area (Å²) in [6.45, 7) is 3.96. The van der Waals surface area contributed by atoms with E-state index in [1.54, 1.807) is 19.9 Å². The van der Waals surface area contributed by atoms with E-state index in [4.69, 9.17) is 33.2 Å². The molecule has 3 heterocycles. The molecule has 1 aromatic carbocycles. The number of benzene rings is 1. The maximum atomic E-state index is 12.9. The van der Waals surface area contributed by atoms with E-state index in [0.717, 1.165) is 16.7 Å². The molecule has 0 N–H and O–H groups in total. The van der Waals surface area contributed by atoms with Crippen molar-refractivity contribution in [2.75, 3.05) is 21.0 Å². The van der Waals surface area contributed by atoms with Crippen molar-refractivity contribution in [3.63, 3.8) is 0 Å². The zero-order valence-corrected chi connectivity index (χ0v) is 16.1. The van der Waals surface area contributed by atoms with Gasteiger partial charge in [0.2, 0.25) is 18.4 Å². The second-order valence-electron chi connectivity index (χ2n) is 7.52. The minimum absolute atomic E-state index is 0.184. The van der Waals surface area contributed by atoms with Crippen LogP contribution in [0.4, 0.5) is 0 Å². The van der Waals surface area contributed by atoms with E-state index in [1.165, 1.54) is 14.2 Å². The van der Waals surface area contributed by atoms with Crippen LogP contribution in [0, 0.1) is 0 Å². The van der Waals surface area contributed by atoms with Crippen molar-refractivity contribution in [3.05, 3.63) is 29.3 Å². The molecule has 4 aliphatic rings. The summed E-state index contributed by atoms with van der Waals surface area (Å²) in [6, 6.07) is 3.79. The largest absolute Gasteiger partial charge is 0.454 e. The molecule has 1 fully saturated rings. The fourth-order valence-electron chi connectivity index (χ4n) is 4.21. The van der Waals surface area contributed by atoms with Crippen LogP contribution in [0.25, 0.3) is 5.57 Å². The van der Waals surface area contributed by atoms with Crippen molar-refractivity contribution in [2.45, 2.75) is 50.3 Å². The van der Waals surface area contributed by atoms with Crippen molar-refractivity contribution in [1.29, 1.82) is 0 Å². The van der Waals surface area contributed by atoms with Crippen LogP contribution in [-0.2, 0) is 35.1 Å². The van der Waals surface area contributed by atoms with Crippen LogP contribution in [-0.4, -0.2) is 56.7 Å². The highest BCUT2D eigenvalue weighted by atomic mass is 16.8. The second kappa shape index (κ2) is 6.01. The number of rotatable bonds is 2. The number of fused-ring (bicyclic) bond motifs is 6. The molecule has 0 spiro atoms. The van der Waals surface area contributed by atoms with E-state index >= 15 is 0 Å². The SMILES string of the molecule is CO[C@]1(C)O[C@H]2[C@@H]3OCc4cc5c(cc4C3=CC(=O)[C@@H]2O[C@@]1(C)OC)OCO5. The van der Waals surface area contributed by atoms with Gasteiger partial charge in [0.15, 0.2) is 23.4 Å². The molecule has 1 saturated heterocycles. The van der Waals surface area contributed by atoms with E-state index in [1.807, 2.05) is 12.1 Å². The van der Waals surface area contributed by atoms with Crippen LogP contribution < -0.4 is 9.47 Å². The van der Waals surface area contributed by atoms with Gasteiger partial charge in [-0.2, -0.15) is 0 Å². The van der Waals surface area contributed by atoms with Crippen molar-refractivity contribution in [3.8, 4) is 11.5 Å². The number of carbonyl (C=O) groups is 1. The van der Waals surface area contributed by atoms with Crippen molar-refractivity contribution in [1.82, 2.24) is 0 Å². The Kier molecular flexibility index (Phi) is 3.88. The van der Waals surface area contributed by atoms with Gasteiger partial charge in [-0.3, -0.25) is 4.79 Å². The zero-order valence-electron chi connectivity index (χ0n) is 16.1. The fraction of sp³-hybridized carbons (Fsp3) is 0.550. The van der Waals surface area contributed by atoms with E-state index < -0.39 is 29.9 Å². The first kappa shape index (κ1) is 18.1. The topological polar surface area (TPSA) is 81.7 Å². The van der Waals surface area contributed by atoms with Gasteiger partial charge < -0.3 is 33.2 Å². The van der Waals surface area contributed by atoms with Gasteiger partial charge in [0.1, 0.15) is 12.2 Å². The molecule has 0 aromatic heterocycles. The van der Waals surface area contributed by atoms with E-state index in [9.17, 15) is 4.79 Å². The number of ether oxygens (including phenoxy) is 7. The molecule has 0 saturated carbocycles. The summed E-state index contributed by atoms with van der Waals surface area (Å²) in [5.74, 6) is -1.33. The summed E-state index contributed by atoms with van der Waals surface area (Å²) in [6.07, 6.45) is -0.427. The average Bonchev–Trinajstić information content (AvgIpc) is 3.15. The molecule has 0 amide bonds. The van der Waals surface area contributed by atoms with Gasteiger partial charge in [0.25, 0.3) is 0 Å². The van der Waals surface area contributed by atoms with Gasteiger partial charge in [0, 0.05) is 14.2 Å². The molecule has 1 aromatic rings. The zero-order chi connectivity index (χ0) is 19.7. The molecule has 0 bridgehead atoms. The maximum Gasteiger partial charge on any atom is 0.231 e. The molecule has 28 heavy (non-hydrogen) atoms. The summed E-state index contributed by atoms with van der Waals surface area (Å²) >= 11 is 0. The Hall–Kier alpha value is -1.97. The molecule has 3 aliphatic heterocycles. The highest BCUT2D eigenvalue weighted by Gasteiger charge is 2.61. The molecule has 0 unspecified atom stereocenters. The molecular formula is C20H22O8. The summed E-state index contributed by atoms with van der Waals surface area (Å²) in [5, 5.41) is 0. The van der Waals surface area contributed by atoms with Crippen LogP contribution >= 0.6 is 0 Å². The predicted molar refractivity (Wildman–Crippen MR) is 94.7 cm³/mol. The summed E-state index contributed by atoms with van der Waals surface area (Å²) in [7, 11) is 3.01. The van der Waals surface area contributed by atoms with Crippen LogP contribution in [0.2, 0.25) is 0 Å². The molecule has 5 atom stereocenters. The highest BCUT2D eigenvalue weighted by molar-refractivity contribution is 6.04. The van der Waals surface area contributed by atoms with E-state index in [-0.39, 0.29) is 12.6 Å². The van der Waals surface area contributed by atoms with Crippen molar-refractivity contribution >= 4 is 11.4 Å². The first-order valence-corrected chi connectivity index (χ1v) is 9.15. The van der Waals surface area contributed by atoms with Crippen LogP contribution in [0.3, 0.4) is 0 Å². The highest BCUT2D eigenvalue weighted by Crippen LogP contribution is 2.48. The lowest BCUT2D eigenvalue weighted by Gasteiger charge is -2.54. The normalized spacial score (nSPS) is 38.4. The smallest absolute Gasteiger partial charge is 0.231 e. The van der Waals surface area contributed by atoms with Gasteiger partial charge >= 0.3 is 0 Å². The summed E-state index contributed by atoms with van der Waals surface area (Å²) in [5.41, 5.74) is 2.58. The lowest BCUT2D eigenvalue weighted by Crippen LogP contribution is -2.69. The minimum atomic E-state index is -1.25. The predicted octanol–water partition coefficient (Wildman–Crippen LogP) is 1.79. The lowest BCUT2D eigenvalue weighted by molar-refractivity contribution is -0.447. The van der Waals surface area contributed by atoms with Gasteiger partial charge in [-0.25, -0.2) is 0 Å². The quantitative estimate of drug-likeness (QED) is 0.756. The lowest BCUT2D eigenvalue weighted by atomic mass is 9.81. The minimum Gasteiger partial charge on any atom is -0.454 e. The number of methoxy groups -OCH3 is 2.